The number of aliphatic hydroxyl groups is 1. The van der Waals surface area contributed by atoms with Gasteiger partial charge in [-0.3, -0.25) is 4.79 Å². The van der Waals surface area contributed by atoms with Crippen molar-refractivity contribution in [1.29, 1.82) is 0 Å². The number of halogens is 2. The van der Waals surface area contributed by atoms with Gasteiger partial charge in [0.1, 0.15) is 5.75 Å². The third kappa shape index (κ3) is 7.04. The molecule has 2 atom stereocenters. The molecule has 0 fully saturated rings. The fraction of sp³-hybridized carbons (Fsp3) is 0.235. The van der Waals surface area contributed by atoms with Crippen molar-refractivity contribution in [2.75, 3.05) is 19.8 Å². The van der Waals surface area contributed by atoms with Crippen LogP contribution in [0.4, 0.5) is 0 Å². The number of carbonyl (C=O) groups is 1. The van der Waals surface area contributed by atoms with Gasteiger partial charge in [-0.05, 0) is 60.0 Å². The molecule has 8 heteroatoms. The lowest BCUT2D eigenvalue weighted by molar-refractivity contribution is -0.128. The summed E-state index contributed by atoms with van der Waals surface area (Å²) < 4.78 is 13.1. The van der Waals surface area contributed by atoms with Crippen molar-refractivity contribution < 1.29 is 19.4 Å². The molecule has 2 N–H and O–H groups in total. The minimum atomic E-state index is -1.27. The molecule has 216 valence electrons. The lowest BCUT2D eigenvalue weighted by atomic mass is 9.82. The zero-order chi connectivity index (χ0) is 29.4. The number of ether oxygens (including phenoxy) is 2. The molecular formula is C34H32BrClN2O4. The number of rotatable bonds is 12. The molecular weight excluding hydrogens is 616 g/mol. The minimum Gasteiger partial charge on any atom is -0.494 e. The molecule has 0 bridgehead atoms. The average molecular weight is 648 g/mol. The second-order valence-electron chi connectivity index (χ2n) is 10.1. The largest absolute Gasteiger partial charge is 0.494 e. The van der Waals surface area contributed by atoms with Crippen LogP contribution in [0.2, 0.25) is 5.02 Å². The van der Waals surface area contributed by atoms with Gasteiger partial charge in [-0.25, -0.2) is 4.99 Å². The monoisotopic (exact) mass is 646 g/mol. The maximum absolute atomic E-state index is 14.3. The summed E-state index contributed by atoms with van der Waals surface area (Å²) in [5.41, 5.74) is 2.36. The van der Waals surface area contributed by atoms with Crippen LogP contribution in [0.3, 0.4) is 0 Å². The molecule has 5 rings (SSSR count). The third-order valence-electron chi connectivity index (χ3n) is 7.15. The van der Waals surface area contributed by atoms with Gasteiger partial charge in [-0.15, -0.1) is 0 Å². The van der Waals surface area contributed by atoms with Crippen LogP contribution in [0.5, 0.6) is 5.75 Å². The molecule has 4 aromatic carbocycles. The van der Waals surface area contributed by atoms with Crippen LogP contribution in [-0.2, 0) is 22.4 Å². The first-order valence-corrected chi connectivity index (χ1v) is 15.1. The van der Waals surface area contributed by atoms with Gasteiger partial charge in [0.2, 0.25) is 5.90 Å². The first-order valence-electron chi connectivity index (χ1n) is 13.9. The van der Waals surface area contributed by atoms with Crippen molar-refractivity contribution in [3.63, 3.8) is 0 Å². The zero-order valence-electron chi connectivity index (χ0n) is 23.0. The van der Waals surface area contributed by atoms with E-state index in [1.807, 2.05) is 103 Å². The smallest absolute Gasteiger partial charge is 0.252 e. The van der Waals surface area contributed by atoms with Gasteiger partial charge in [-0.1, -0.05) is 88.2 Å². The van der Waals surface area contributed by atoms with Gasteiger partial charge >= 0.3 is 0 Å². The van der Waals surface area contributed by atoms with Crippen molar-refractivity contribution in [1.82, 2.24) is 5.32 Å². The fourth-order valence-corrected chi connectivity index (χ4v) is 5.60. The van der Waals surface area contributed by atoms with Crippen LogP contribution in [0, 0.1) is 0 Å². The van der Waals surface area contributed by atoms with E-state index in [0.29, 0.717) is 49.1 Å². The molecule has 1 amide bonds. The van der Waals surface area contributed by atoms with Crippen molar-refractivity contribution >= 4 is 39.3 Å². The second kappa shape index (κ2) is 14.0. The number of amides is 1. The summed E-state index contributed by atoms with van der Waals surface area (Å²) >= 11 is 9.74. The van der Waals surface area contributed by atoms with Gasteiger partial charge in [0.15, 0.2) is 11.6 Å². The third-order valence-corrected chi connectivity index (χ3v) is 8.12. The summed E-state index contributed by atoms with van der Waals surface area (Å²) in [5, 5.41) is 12.9. The van der Waals surface area contributed by atoms with E-state index < -0.39 is 11.6 Å². The molecule has 42 heavy (non-hydrogen) atoms. The molecule has 0 saturated heterocycles. The summed E-state index contributed by atoms with van der Waals surface area (Å²) in [6.45, 7) is 0.933. The Labute approximate surface area is 259 Å². The van der Waals surface area contributed by atoms with E-state index in [0.717, 1.165) is 26.7 Å². The Balaban J connectivity index is 1.50. The zero-order valence-corrected chi connectivity index (χ0v) is 25.4. The molecule has 1 heterocycles. The van der Waals surface area contributed by atoms with E-state index in [1.54, 1.807) is 0 Å². The van der Waals surface area contributed by atoms with Crippen LogP contribution >= 0.6 is 27.5 Å². The molecule has 1 aliphatic rings. The second-order valence-corrected chi connectivity index (χ2v) is 11.4. The van der Waals surface area contributed by atoms with E-state index in [-0.39, 0.29) is 12.5 Å². The number of carbonyl (C=O) groups excluding carboxylic acids is 1. The fourth-order valence-electron chi connectivity index (χ4n) is 4.98. The lowest BCUT2D eigenvalue weighted by Gasteiger charge is -2.31. The Kier molecular flexibility index (Phi) is 9.95. The highest BCUT2D eigenvalue weighted by atomic mass is 79.9. The summed E-state index contributed by atoms with van der Waals surface area (Å²) in [6, 6.07) is 32.7. The maximum atomic E-state index is 14.3. The quantitative estimate of drug-likeness (QED) is 0.167. The van der Waals surface area contributed by atoms with Gasteiger partial charge in [-0.2, -0.15) is 0 Å². The van der Waals surface area contributed by atoms with Gasteiger partial charge in [0, 0.05) is 46.6 Å². The van der Waals surface area contributed by atoms with E-state index in [9.17, 15) is 4.79 Å². The number of aliphatic hydroxyl groups excluding tert-OH is 1. The molecule has 0 saturated carbocycles. The predicted molar refractivity (Wildman–Crippen MR) is 169 cm³/mol. The van der Waals surface area contributed by atoms with Crippen molar-refractivity contribution in [3.8, 4) is 5.75 Å². The molecule has 6 nitrogen and oxygen atoms in total. The predicted octanol–water partition coefficient (Wildman–Crippen LogP) is 6.72. The number of benzene rings is 4. The summed E-state index contributed by atoms with van der Waals surface area (Å²) in [5.74, 6) is 0.866. The van der Waals surface area contributed by atoms with Gasteiger partial charge < -0.3 is 19.9 Å². The highest BCUT2D eigenvalue weighted by molar-refractivity contribution is 9.10. The highest BCUT2D eigenvalue weighted by Gasteiger charge is 2.53. The number of nitrogens with one attached hydrogen (secondary N) is 1. The molecule has 0 unspecified atom stereocenters. The van der Waals surface area contributed by atoms with E-state index in [1.165, 1.54) is 0 Å². The molecule has 0 aliphatic carbocycles. The first kappa shape index (κ1) is 29.8. The lowest BCUT2D eigenvalue weighted by Crippen LogP contribution is -2.50. The normalized spacial score (nSPS) is 17.8. The van der Waals surface area contributed by atoms with Crippen LogP contribution in [-0.4, -0.2) is 42.2 Å². The van der Waals surface area contributed by atoms with Crippen molar-refractivity contribution in [2.24, 2.45) is 4.99 Å². The van der Waals surface area contributed by atoms with E-state index in [4.69, 9.17) is 31.2 Å². The number of aliphatic imine (C=N–C) groups is 1. The first-order chi connectivity index (χ1) is 20.5. The Bertz CT molecular complexity index is 1510. The average Bonchev–Trinajstić information content (AvgIpc) is 3.39. The molecule has 0 aromatic heterocycles. The Morgan fingerprint density at radius 2 is 1.67 bits per heavy atom. The Morgan fingerprint density at radius 1 is 0.952 bits per heavy atom. The number of nitrogens with zero attached hydrogens (tertiary/aromatic N) is 1. The van der Waals surface area contributed by atoms with Crippen LogP contribution in [0.15, 0.2) is 113 Å². The Hall–Kier alpha value is -3.65. The topological polar surface area (TPSA) is 80.2 Å². The molecule has 0 radical (unpaired) electrons. The van der Waals surface area contributed by atoms with Crippen molar-refractivity contribution in [3.05, 3.63) is 135 Å². The standard InChI is InChI=1S/C34H32BrClN2O4/c35-30-10-5-4-9-29(30)31-34(23-25-7-2-1-3-8-25,33(40)37-20-19-24-11-15-27(36)16-12-24)38-32(42-31)26-13-17-28(18-14-26)41-22-6-21-39/h1-5,7-18,31,39H,6,19-23H2,(H,37,40)/t31-,34-/m1/s1. The maximum Gasteiger partial charge on any atom is 0.252 e. The molecule has 4 aromatic rings. The minimum absolute atomic E-state index is 0.0738. The van der Waals surface area contributed by atoms with Gasteiger partial charge in [0.05, 0.1) is 6.61 Å². The molecule has 0 spiro atoms. The van der Waals surface area contributed by atoms with Crippen LogP contribution in [0.1, 0.15) is 34.8 Å². The Morgan fingerprint density at radius 3 is 2.38 bits per heavy atom. The number of hydrogen-bond acceptors (Lipinski definition) is 5. The summed E-state index contributed by atoms with van der Waals surface area (Å²) in [4.78, 5) is 19.4. The van der Waals surface area contributed by atoms with Crippen LogP contribution < -0.4 is 10.1 Å². The van der Waals surface area contributed by atoms with Crippen molar-refractivity contribution in [2.45, 2.75) is 30.9 Å². The van der Waals surface area contributed by atoms with E-state index in [2.05, 4.69) is 21.2 Å². The SMILES string of the molecule is O=C(NCCc1ccc(Cl)cc1)[C@]1(Cc2ccccc2)N=C(c2ccc(OCCCO)cc2)O[C@@H]1c1ccccc1Br. The van der Waals surface area contributed by atoms with E-state index >= 15 is 0 Å². The number of hydrogen-bond donors (Lipinski definition) is 2. The highest BCUT2D eigenvalue weighted by Crippen LogP contribution is 2.44. The summed E-state index contributed by atoms with van der Waals surface area (Å²) in [7, 11) is 0. The summed E-state index contributed by atoms with van der Waals surface area (Å²) in [6.07, 6.45) is 0.872. The molecule has 1 aliphatic heterocycles. The van der Waals surface area contributed by atoms with Crippen LogP contribution in [0.25, 0.3) is 0 Å². The van der Waals surface area contributed by atoms with Gasteiger partial charge in [0.25, 0.3) is 5.91 Å².